The largest absolute Gasteiger partial charge is 0.491 e. The lowest BCUT2D eigenvalue weighted by molar-refractivity contribution is 0.404. The quantitative estimate of drug-likeness (QED) is 0.501. The van der Waals surface area contributed by atoms with Crippen LogP contribution in [0.5, 0.6) is 5.75 Å². The van der Waals surface area contributed by atoms with Gasteiger partial charge in [-0.25, -0.2) is 5.48 Å². The zero-order valence-corrected chi connectivity index (χ0v) is 13.3. The molecule has 23 heavy (non-hydrogen) atoms. The number of anilines is 1. The first-order chi connectivity index (χ1) is 11.1. The van der Waals surface area contributed by atoms with E-state index in [-0.39, 0.29) is 21.3 Å². The second-order valence-corrected chi connectivity index (χ2v) is 5.66. The van der Waals surface area contributed by atoms with Crippen molar-refractivity contribution in [2.75, 3.05) is 5.48 Å². The van der Waals surface area contributed by atoms with Crippen LogP contribution >= 0.6 is 23.2 Å². The Morgan fingerprint density at radius 1 is 0.913 bits per heavy atom. The van der Waals surface area contributed by atoms with E-state index < -0.39 is 7.12 Å². The van der Waals surface area contributed by atoms with E-state index >= 15 is 0 Å². The molecule has 0 unspecified atom stereocenters. The van der Waals surface area contributed by atoms with Crippen LogP contribution in [0, 0.1) is 0 Å². The van der Waals surface area contributed by atoms with Gasteiger partial charge in [-0.2, -0.15) is 0 Å². The third kappa shape index (κ3) is 3.23. The van der Waals surface area contributed by atoms with E-state index in [1.807, 2.05) is 42.5 Å². The summed E-state index contributed by atoms with van der Waals surface area (Å²) in [4.78, 5) is 5.51. The average Bonchev–Trinajstić information content (AvgIpc) is 2.54. The van der Waals surface area contributed by atoms with E-state index in [9.17, 15) is 10.0 Å². The second kappa shape index (κ2) is 6.68. The Bertz CT molecular complexity index is 853. The molecule has 3 aromatic carbocycles. The van der Waals surface area contributed by atoms with Gasteiger partial charge in [-0.1, -0.05) is 59.6 Å². The molecule has 0 spiro atoms. The molecule has 7 heteroatoms. The lowest BCUT2D eigenvalue weighted by Gasteiger charge is -2.14. The van der Waals surface area contributed by atoms with Crippen LogP contribution in [0.4, 0.5) is 5.69 Å². The van der Waals surface area contributed by atoms with Gasteiger partial charge in [0.1, 0.15) is 0 Å². The highest BCUT2D eigenvalue weighted by Crippen LogP contribution is 2.28. The van der Waals surface area contributed by atoms with Crippen LogP contribution in [0.15, 0.2) is 54.6 Å². The molecule has 0 saturated heterocycles. The van der Waals surface area contributed by atoms with Crippen molar-refractivity contribution in [1.29, 1.82) is 0 Å². The summed E-state index contributed by atoms with van der Waals surface area (Å²) in [7, 11) is -1.78. The van der Waals surface area contributed by atoms with Gasteiger partial charge >= 0.3 is 7.12 Å². The summed E-state index contributed by atoms with van der Waals surface area (Å²) in [6.45, 7) is 0. The Balaban J connectivity index is 1.90. The number of hydrogen-bond acceptors (Lipinski definition) is 4. The molecule has 4 nitrogen and oxygen atoms in total. The number of nitrogens with one attached hydrogen (secondary N) is 1. The molecule has 0 amide bonds. The number of fused-ring (bicyclic) bond motifs is 1. The summed E-state index contributed by atoms with van der Waals surface area (Å²) in [6, 6.07) is 16.7. The van der Waals surface area contributed by atoms with Gasteiger partial charge in [-0.3, -0.25) is 0 Å². The topological polar surface area (TPSA) is 61.7 Å². The fourth-order valence-electron chi connectivity index (χ4n) is 2.29. The van der Waals surface area contributed by atoms with Crippen LogP contribution in [-0.4, -0.2) is 17.2 Å². The first kappa shape index (κ1) is 16.0. The predicted molar refractivity (Wildman–Crippen MR) is 94.5 cm³/mol. The molecule has 3 rings (SSSR count). The smallest absolute Gasteiger partial charge is 0.423 e. The Hall–Kier alpha value is -1.92. The van der Waals surface area contributed by atoms with E-state index in [1.54, 1.807) is 6.07 Å². The SMILES string of the molecule is OB(O)c1c(Cl)ccc(ONc2cccc3ccccc23)c1Cl. The first-order valence-corrected chi connectivity index (χ1v) is 7.58. The molecular weight excluding hydrogens is 336 g/mol. The maximum absolute atomic E-state index is 9.35. The van der Waals surface area contributed by atoms with E-state index in [0.717, 1.165) is 16.5 Å². The zero-order chi connectivity index (χ0) is 16.4. The highest BCUT2D eigenvalue weighted by atomic mass is 35.5. The molecule has 0 aromatic heterocycles. The molecule has 0 aliphatic carbocycles. The van der Waals surface area contributed by atoms with E-state index in [0.29, 0.717) is 0 Å². The summed E-state index contributed by atoms with van der Waals surface area (Å²) < 4.78 is 0. The van der Waals surface area contributed by atoms with Crippen LogP contribution < -0.4 is 15.8 Å². The maximum Gasteiger partial charge on any atom is 0.491 e. The van der Waals surface area contributed by atoms with Gasteiger partial charge in [-0.05, 0) is 23.6 Å². The van der Waals surface area contributed by atoms with Crippen molar-refractivity contribution in [3.8, 4) is 5.75 Å². The van der Waals surface area contributed by atoms with E-state index in [4.69, 9.17) is 28.0 Å². The molecule has 3 N–H and O–H groups in total. The molecule has 3 aromatic rings. The van der Waals surface area contributed by atoms with Gasteiger partial charge in [0, 0.05) is 15.9 Å². The Kier molecular flexibility index (Phi) is 4.64. The molecule has 0 atom stereocenters. The lowest BCUT2D eigenvalue weighted by atomic mass is 9.80. The van der Waals surface area contributed by atoms with Crippen molar-refractivity contribution >= 4 is 52.2 Å². The molecule has 0 aliphatic rings. The number of benzene rings is 3. The van der Waals surface area contributed by atoms with Crippen LogP contribution in [0.25, 0.3) is 10.8 Å². The minimum absolute atomic E-state index is 0.00514. The van der Waals surface area contributed by atoms with Crippen molar-refractivity contribution in [3.05, 3.63) is 64.6 Å². The number of halogens is 2. The minimum atomic E-state index is -1.78. The third-order valence-electron chi connectivity index (χ3n) is 3.41. The van der Waals surface area contributed by atoms with Crippen molar-refractivity contribution in [3.63, 3.8) is 0 Å². The van der Waals surface area contributed by atoms with Gasteiger partial charge in [0.2, 0.25) is 0 Å². The Labute approximate surface area is 143 Å². The summed E-state index contributed by atoms with van der Waals surface area (Å²) in [5.74, 6) is 0.243. The highest BCUT2D eigenvalue weighted by molar-refractivity contribution is 6.66. The summed E-state index contributed by atoms with van der Waals surface area (Å²) >= 11 is 12.0. The molecule has 0 radical (unpaired) electrons. The van der Waals surface area contributed by atoms with Gasteiger partial charge in [0.15, 0.2) is 5.75 Å². The fraction of sp³-hybridized carbons (Fsp3) is 0. The second-order valence-electron chi connectivity index (χ2n) is 4.88. The fourth-order valence-corrected chi connectivity index (χ4v) is 2.89. The van der Waals surface area contributed by atoms with Gasteiger partial charge < -0.3 is 14.9 Å². The van der Waals surface area contributed by atoms with Crippen LogP contribution in [0.2, 0.25) is 10.0 Å². The molecular formula is C16H12BCl2NO3. The molecule has 116 valence electrons. The third-order valence-corrected chi connectivity index (χ3v) is 4.13. The van der Waals surface area contributed by atoms with Crippen molar-refractivity contribution in [2.24, 2.45) is 0 Å². The molecule has 0 heterocycles. The number of rotatable bonds is 4. The Morgan fingerprint density at radius 3 is 2.43 bits per heavy atom. The summed E-state index contributed by atoms with van der Waals surface area (Å²) in [5, 5.41) is 20.9. The normalized spacial score (nSPS) is 10.6. The van der Waals surface area contributed by atoms with Gasteiger partial charge in [-0.15, -0.1) is 0 Å². The van der Waals surface area contributed by atoms with E-state index in [2.05, 4.69) is 5.48 Å². The van der Waals surface area contributed by atoms with Crippen LogP contribution in [0.1, 0.15) is 0 Å². The number of hydrogen-bond donors (Lipinski definition) is 3. The minimum Gasteiger partial charge on any atom is -0.423 e. The zero-order valence-electron chi connectivity index (χ0n) is 11.8. The van der Waals surface area contributed by atoms with Crippen LogP contribution in [0.3, 0.4) is 0 Å². The van der Waals surface area contributed by atoms with Crippen LogP contribution in [-0.2, 0) is 0 Å². The van der Waals surface area contributed by atoms with Crippen molar-refractivity contribution < 1.29 is 14.9 Å². The molecule has 0 aliphatic heterocycles. The molecule has 0 fully saturated rings. The summed E-state index contributed by atoms with van der Waals surface area (Å²) in [6.07, 6.45) is 0. The average molecular weight is 348 g/mol. The maximum atomic E-state index is 9.35. The van der Waals surface area contributed by atoms with Crippen molar-refractivity contribution in [1.82, 2.24) is 0 Å². The predicted octanol–water partition coefficient (Wildman–Crippen LogP) is 3.23. The lowest BCUT2D eigenvalue weighted by Crippen LogP contribution is -2.32. The van der Waals surface area contributed by atoms with E-state index in [1.165, 1.54) is 6.07 Å². The Morgan fingerprint density at radius 2 is 1.65 bits per heavy atom. The molecule has 0 saturated carbocycles. The summed E-state index contributed by atoms with van der Waals surface area (Å²) in [5.41, 5.74) is 3.61. The standard InChI is InChI=1S/C16H12BCl2NO3/c18-12-8-9-14(16(19)15(12)17(21)22)23-20-13-7-3-5-10-4-1-2-6-11(10)13/h1-9,20-22H. The highest BCUT2D eigenvalue weighted by Gasteiger charge is 2.22. The van der Waals surface area contributed by atoms with Crippen molar-refractivity contribution in [2.45, 2.75) is 0 Å². The van der Waals surface area contributed by atoms with Gasteiger partial charge in [0.05, 0.1) is 10.7 Å². The van der Waals surface area contributed by atoms with Gasteiger partial charge in [0.25, 0.3) is 0 Å². The monoisotopic (exact) mass is 347 g/mol. The first-order valence-electron chi connectivity index (χ1n) is 6.82. The molecule has 0 bridgehead atoms.